The van der Waals surface area contributed by atoms with Gasteiger partial charge in [0.15, 0.2) is 0 Å². The van der Waals surface area contributed by atoms with Crippen LogP contribution in [0.2, 0.25) is 0 Å². The van der Waals surface area contributed by atoms with Crippen LogP contribution in [0.25, 0.3) is 11.0 Å². The van der Waals surface area contributed by atoms with E-state index in [9.17, 15) is 9.59 Å². The molecule has 0 atom stereocenters. The number of aromatic nitrogens is 3. The smallest absolute Gasteiger partial charge is 0.319 e. The molecule has 1 aliphatic rings. The van der Waals surface area contributed by atoms with E-state index in [4.69, 9.17) is 0 Å². The van der Waals surface area contributed by atoms with Gasteiger partial charge in [-0.1, -0.05) is 21.1 Å². The van der Waals surface area contributed by atoms with Crippen molar-refractivity contribution < 1.29 is 9.59 Å². The normalized spacial score (nSPS) is 14.0. The molecule has 1 aliphatic heterocycles. The first-order chi connectivity index (χ1) is 14.6. The Morgan fingerprint density at radius 1 is 1.03 bits per heavy atom. The number of carbonyl (C=O) groups is 2. The number of fused-ring (bicyclic) bond motifs is 1. The second kappa shape index (κ2) is 9.25. The van der Waals surface area contributed by atoms with Gasteiger partial charge in [0.25, 0.3) is 5.91 Å². The lowest BCUT2D eigenvalue weighted by atomic mass is 10.1. The van der Waals surface area contributed by atoms with Crippen LogP contribution in [0.4, 0.5) is 10.5 Å². The minimum Gasteiger partial charge on any atom is -0.339 e. The molecule has 1 saturated heterocycles. The highest BCUT2D eigenvalue weighted by molar-refractivity contribution is 9.10. The molecule has 2 aromatic carbocycles. The third-order valence-corrected chi connectivity index (χ3v) is 5.64. The molecule has 3 amide bonds. The number of hydrogen-bond acceptors (Lipinski definition) is 4. The van der Waals surface area contributed by atoms with Crippen molar-refractivity contribution in [2.45, 2.75) is 25.8 Å². The van der Waals surface area contributed by atoms with E-state index in [-0.39, 0.29) is 11.9 Å². The quantitative estimate of drug-likeness (QED) is 0.595. The number of piperidine rings is 1. The van der Waals surface area contributed by atoms with Crippen LogP contribution in [0.3, 0.4) is 0 Å². The van der Waals surface area contributed by atoms with Crippen molar-refractivity contribution in [3.8, 4) is 0 Å². The average molecular weight is 471 g/mol. The Morgan fingerprint density at radius 3 is 2.57 bits per heavy atom. The van der Waals surface area contributed by atoms with Gasteiger partial charge in [-0.25, -0.2) is 9.48 Å². The zero-order valence-electron chi connectivity index (χ0n) is 16.5. The summed E-state index contributed by atoms with van der Waals surface area (Å²) < 4.78 is 2.68. The van der Waals surface area contributed by atoms with Gasteiger partial charge in [-0.05, 0) is 61.7 Å². The number of hydrogen-bond donors (Lipinski definition) is 2. The molecule has 0 saturated carbocycles. The maximum Gasteiger partial charge on any atom is 0.319 e. The third kappa shape index (κ3) is 4.79. The number of rotatable bonds is 5. The second-order valence-electron chi connectivity index (χ2n) is 7.26. The topological polar surface area (TPSA) is 92.1 Å². The first-order valence-corrected chi connectivity index (χ1v) is 10.8. The summed E-state index contributed by atoms with van der Waals surface area (Å²) in [6, 6.07) is 12.6. The largest absolute Gasteiger partial charge is 0.339 e. The lowest BCUT2D eigenvalue weighted by Gasteiger charge is -2.26. The third-order valence-electron chi connectivity index (χ3n) is 5.12. The van der Waals surface area contributed by atoms with Crippen molar-refractivity contribution in [3.63, 3.8) is 0 Å². The van der Waals surface area contributed by atoms with Gasteiger partial charge in [0, 0.05) is 35.4 Å². The predicted molar refractivity (Wildman–Crippen MR) is 118 cm³/mol. The number of anilines is 1. The van der Waals surface area contributed by atoms with Crippen LogP contribution in [0, 0.1) is 0 Å². The zero-order chi connectivity index (χ0) is 20.9. The number of carbonyl (C=O) groups excluding carboxylic acids is 2. The van der Waals surface area contributed by atoms with E-state index >= 15 is 0 Å². The van der Waals surface area contributed by atoms with Crippen LogP contribution in [0.5, 0.6) is 0 Å². The fourth-order valence-electron chi connectivity index (χ4n) is 3.53. The number of nitrogens with zero attached hydrogens (tertiary/aromatic N) is 4. The van der Waals surface area contributed by atoms with Gasteiger partial charge in [-0.15, -0.1) is 5.10 Å². The number of urea groups is 1. The van der Waals surface area contributed by atoms with E-state index in [1.807, 2.05) is 41.3 Å². The molecule has 3 aromatic rings. The van der Waals surface area contributed by atoms with Crippen molar-refractivity contribution in [2.75, 3.05) is 25.0 Å². The first kappa shape index (κ1) is 20.3. The molecule has 2 N–H and O–H groups in total. The Kier molecular flexibility index (Phi) is 6.27. The van der Waals surface area contributed by atoms with E-state index in [1.165, 1.54) is 6.42 Å². The van der Waals surface area contributed by atoms with Gasteiger partial charge >= 0.3 is 6.03 Å². The summed E-state index contributed by atoms with van der Waals surface area (Å²) in [5.74, 6) is 0.0532. The Morgan fingerprint density at radius 2 is 1.80 bits per heavy atom. The number of likely N-dealkylation sites (tertiary alicyclic amines) is 1. The van der Waals surface area contributed by atoms with Gasteiger partial charge in [-0.2, -0.15) is 0 Å². The Balaban J connectivity index is 1.34. The summed E-state index contributed by atoms with van der Waals surface area (Å²) in [7, 11) is 0. The van der Waals surface area contributed by atoms with Gasteiger partial charge in [0.05, 0.1) is 12.1 Å². The van der Waals surface area contributed by atoms with Gasteiger partial charge in [0.1, 0.15) is 5.52 Å². The maximum absolute atomic E-state index is 12.7. The first-order valence-electron chi connectivity index (χ1n) is 10.0. The molecule has 4 rings (SSSR count). The van der Waals surface area contributed by atoms with Crippen molar-refractivity contribution >= 4 is 44.6 Å². The van der Waals surface area contributed by atoms with Gasteiger partial charge in [0.2, 0.25) is 0 Å². The average Bonchev–Trinajstić information content (AvgIpc) is 3.18. The molecule has 0 radical (unpaired) electrons. The molecular weight excluding hydrogens is 448 g/mol. The fourth-order valence-corrected chi connectivity index (χ4v) is 3.80. The van der Waals surface area contributed by atoms with E-state index < -0.39 is 0 Å². The lowest BCUT2D eigenvalue weighted by Crippen LogP contribution is -2.35. The van der Waals surface area contributed by atoms with Crippen LogP contribution in [0.1, 0.15) is 29.6 Å². The standard InChI is InChI=1S/C21H23BrN6O2/c22-16-5-7-17(8-6-16)24-21(30)23-10-13-28-19-9-4-15(14-18(19)25-26-28)20(29)27-11-2-1-3-12-27/h4-9,14H,1-3,10-13H2,(H2,23,24,30). The van der Waals surface area contributed by atoms with Crippen LogP contribution in [0.15, 0.2) is 46.9 Å². The molecule has 9 heteroatoms. The molecule has 8 nitrogen and oxygen atoms in total. The number of nitrogens with one attached hydrogen (secondary N) is 2. The maximum atomic E-state index is 12.7. The van der Waals surface area contributed by atoms with Crippen molar-refractivity contribution in [1.29, 1.82) is 0 Å². The van der Waals surface area contributed by atoms with Crippen LogP contribution < -0.4 is 10.6 Å². The summed E-state index contributed by atoms with van der Waals surface area (Å²) in [4.78, 5) is 26.6. The highest BCUT2D eigenvalue weighted by Crippen LogP contribution is 2.18. The Labute approximate surface area is 182 Å². The SMILES string of the molecule is O=C(NCCn1nnc2cc(C(=O)N3CCCCC3)ccc21)Nc1ccc(Br)cc1. The monoisotopic (exact) mass is 470 g/mol. The number of benzene rings is 2. The number of halogens is 1. The Bertz CT molecular complexity index is 1040. The zero-order valence-corrected chi connectivity index (χ0v) is 18.1. The van der Waals surface area contributed by atoms with E-state index in [2.05, 4.69) is 36.9 Å². The fraction of sp³-hybridized carbons (Fsp3) is 0.333. The van der Waals surface area contributed by atoms with Crippen molar-refractivity contribution in [1.82, 2.24) is 25.2 Å². The van der Waals surface area contributed by atoms with E-state index in [0.29, 0.717) is 29.9 Å². The van der Waals surface area contributed by atoms with Crippen LogP contribution in [-0.2, 0) is 6.54 Å². The molecule has 0 unspecified atom stereocenters. The summed E-state index contributed by atoms with van der Waals surface area (Å²) in [5.41, 5.74) is 2.87. The van der Waals surface area contributed by atoms with Gasteiger partial charge in [-0.3, -0.25) is 4.79 Å². The van der Waals surface area contributed by atoms with Gasteiger partial charge < -0.3 is 15.5 Å². The molecule has 156 valence electrons. The number of amides is 3. The summed E-state index contributed by atoms with van der Waals surface area (Å²) in [6.45, 7) is 2.51. The predicted octanol–water partition coefficient (Wildman–Crippen LogP) is 3.64. The summed E-state index contributed by atoms with van der Waals surface area (Å²) >= 11 is 3.36. The minimum atomic E-state index is -0.281. The molecular formula is C21H23BrN6O2. The molecule has 30 heavy (non-hydrogen) atoms. The Hall–Kier alpha value is -2.94. The molecule has 0 bridgehead atoms. The molecule has 2 heterocycles. The molecule has 0 aliphatic carbocycles. The highest BCUT2D eigenvalue weighted by Gasteiger charge is 2.19. The highest BCUT2D eigenvalue weighted by atomic mass is 79.9. The van der Waals surface area contributed by atoms with Crippen LogP contribution >= 0.6 is 15.9 Å². The van der Waals surface area contributed by atoms with E-state index in [1.54, 1.807) is 10.7 Å². The molecule has 1 aromatic heterocycles. The molecule has 1 fully saturated rings. The van der Waals surface area contributed by atoms with Crippen LogP contribution in [-0.4, -0.2) is 51.5 Å². The molecule has 0 spiro atoms. The van der Waals surface area contributed by atoms with E-state index in [0.717, 1.165) is 35.9 Å². The summed E-state index contributed by atoms with van der Waals surface area (Å²) in [6.07, 6.45) is 3.31. The lowest BCUT2D eigenvalue weighted by molar-refractivity contribution is 0.0724. The summed E-state index contributed by atoms with van der Waals surface area (Å²) in [5, 5.41) is 13.9. The van der Waals surface area contributed by atoms with Crippen molar-refractivity contribution in [3.05, 3.63) is 52.5 Å². The van der Waals surface area contributed by atoms with Crippen molar-refractivity contribution in [2.24, 2.45) is 0 Å². The second-order valence-corrected chi connectivity index (χ2v) is 8.17. The minimum absolute atomic E-state index is 0.0532.